The maximum atomic E-state index is 12.5. The van der Waals surface area contributed by atoms with Gasteiger partial charge in [-0.3, -0.25) is 4.72 Å². The highest BCUT2D eigenvalue weighted by atomic mass is 32.2. The molecule has 0 bridgehead atoms. The summed E-state index contributed by atoms with van der Waals surface area (Å²) in [5, 5.41) is 14.6. The van der Waals surface area contributed by atoms with Crippen molar-refractivity contribution in [2.75, 3.05) is 28.4 Å². The summed E-state index contributed by atoms with van der Waals surface area (Å²) in [6, 6.07) is 11.3. The second kappa shape index (κ2) is 8.35. The van der Waals surface area contributed by atoms with Crippen molar-refractivity contribution in [3.63, 3.8) is 0 Å². The zero-order valence-corrected chi connectivity index (χ0v) is 18.8. The van der Waals surface area contributed by atoms with E-state index in [1.54, 1.807) is 49.7 Å². The Morgan fingerprint density at radius 3 is 2.58 bits per heavy atom. The minimum atomic E-state index is -3.51. The molecular weight excluding hydrogens is 414 g/mol. The van der Waals surface area contributed by atoms with Crippen molar-refractivity contribution in [1.82, 2.24) is 19.9 Å². The smallest absolute Gasteiger partial charge is 0.237 e. The third-order valence-corrected chi connectivity index (χ3v) is 7.36. The van der Waals surface area contributed by atoms with Gasteiger partial charge in [0, 0.05) is 23.9 Å². The Morgan fingerprint density at radius 2 is 1.84 bits per heavy atom. The fourth-order valence-electron chi connectivity index (χ4n) is 3.37. The predicted molar refractivity (Wildman–Crippen MR) is 125 cm³/mol. The molecule has 2 aromatic heterocycles. The van der Waals surface area contributed by atoms with Gasteiger partial charge >= 0.3 is 0 Å². The van der Waals surface area contributed by atoms with E-state index < -0.39 is 14.8 Å². The molecule has 1 aliphatic heterocycles. The molecule has 1 fully saturated rings. The maximum Gasteiger partial charge on any atom is 0.237 e. The Morgan fingerprint density at radius 1 is 1.10 bits per heavy atom. The van der Waals surface area contributed by atoms with E-state index in [2.05, 4.69) is 30.8 Å². The van der Waals surface area contributed by atoms with E-state index >= 15 is 0 Å². The molecule has 4 N–H and O–H groups in total. The lowest BCUT2D eigenvalue weighted by Crippen LogP contribution is -2.35. The normalized spacial score (nSPS) is 15.7. The lowest BCUT2D eigenvalue weighted by molar-refractivity contribution is 0.478. The van der Waals surface area contributed by atoms with Crippen LogP contribution in [0.3, 0.4) is 0 Å². The van der Waals surface area contributed by atoms with Crippen LogP contribution in [0.2, 0.25) is 0 Å². The minimum Gasteiger partial charge on any atom is -0.367 e. The first-order valence-electron chi connectivity index (χ1n) is 10.4. The first-order valence-corrected chi connectivity index (χ1v) is 11.9. The molecule has 0 unspecified atom stereocenters. The summed E-state index contributed by atoms with van der Waals surface area (Å²) in [6.07, 6.45) is 3.80. The maximum absolute atomic E-state index is 12.5. The molecule has 0 atom stereocenters. The second-order valence-corrected chi connectivity index (χ2v) is 11.2. The molecule has 0 aliphatic carbocycles. The van der Waals surface area contributed by atoms with Crippen molar-refractivity contribution < 1.29 is 8.42 Å². The molecule has 1 aliphatic rings. The van der Waals surface area contributed by atoms with Crippen molar-refractivity contribution in [1.29, 1.82) is 0 Å². The van der Waals surface area contributed by atoms with Crippen molar-refractivity contribution in [2.24, 2.45) is 0 Å². The Labute approximate surface area is 182 Å². The van der Waals surface area contributed by atoms with Gasteiger partial charge in [0.25, 0.3) is 0 Å². The van der Waals surface area contributed by atoms with E-state index in [0.29, 0.717) is 11.7 Å². The van der Waals surface area contributed by atoms with E-state index in [1.807, 2.05) is 18.2 Å². The van der Waals surface area contributed by atoms with Crippen LogP contribution in [0.5, 0.6) is 0 Å². The summed E-state index contributed by atoms with van der Waals surface area (Å²) >= 11 is 0. The second-order valence-electron chi connectivity index (χ2n) is 8.72. The summed E-state index contributed by atoms with van der Waals surface area (Å²) in [7, 11) is -3.51. The number of aromatic nitrogens is 3. The highest BCUT2D eigenvalue weighted by Crippen LogP contribution is 2.25. The number of benzene rings is 1. The standard InChI is InChI=1S/C21H29N7O2S/c1-21(2,3)31(29,30)27-17-6-4-5-16(13-17)25-20-14-18(24-15-7-10-22-11-8-15)26-19-9-12-23-28(19)20/h4-6,9,12-15,22,25,27H,7-8,10-11H2,1-3H3,(H,24,26). The molecule has 0 saturated carbocycles. The fraction of sp³-hybridized carbons (Fsp3) is 0.429. The Kier molecular flexibility index (Phi) is 5.76. The van der Waals surface area contributed by atoms with Crippen LogP contribution in [0.25, 0.3) is 5.65 Å². The van der Waals surface area contributed by atoms with Gasteiger partial charge in [-0.2, -0.15) is 9.61 Å². The highest BCUT2D eigenvalue weighted by Gasteiger charge is 2.28. The number of hydrogen-bond donors (Lipinski definition) is 4. The Hall–Kier alpha value is -2.85. The summed E-state index contributed by atoms with van der Waals surface area (Å²) in [5.74, 6) is 1.52. The quantitative estimate of drug-likeness (QED) is 0.463. The summed E-state index contributed by atoms with van der Waals surface area (Å²) < 4.78 is 28.5. The van der Waals surface area contributed by atoms with Crippen LogP contribution in [-0.4, -0.2) is 46.9 Å². The van der Waals surface area contributed by atoms with E-state index in [4.69, 9.17) is 0 Å². The number of fused-ring (bicyclic) bond motifs is 1. The van der Waals surface area contributed by atoms with Crippen molar-refractivity contribution >= 4 is 38.7 Å². The molecule has 3 heterocycles. The first-order chi connectivity index (χ1) is 14.7. The number of nitrogens with one attached hydrogen (secondary N) is 4. The number of hydrogen-bond acceptors (Lipinski definition) is 7. The number of rotatable bonds is 6. The molecule has 0 radical (unpaired) electrons. The molecule has 3 aromatic rings. The zero-order valence-electron chi connectivity index (χ0n) is 18.0. The highest BCUT2D eigenvalue weighted by molar-refractivity contribution is 7.94. The third kappa shape index (κ3) is 4.91. The molecule has 1 saturated heterocycles. The van der Waals surface area contributed by atoms with Crippen LogP contribution in [0.1, 0.15) is 33.6 Å². The van der Waals surface area contributed by atoms with Crippen LogP contribution in [0.15, 0.2) is 42.6 Å². The average Bonchev–Trinajstić information content (AvgIpc) is 3.17. The Bertz CT molecular complexity index is 1160. The number of nitrogens with zero attached hydrogens (tertiary/aromatic N) is 3. The van der Waals surface area contributed by atoms with Crippen LogP contribution < -0.4 is 20.7 Å². The van der Waals surface area contributed by atoms with Crippen LogP contribution >= 0.6 is 0 Å². The zero-order chi connectivity index (χ0) is 22.1. The molecule has 0 amide bonds. The van der Waals surface area contributed by atoms with Crippen molar-refractivity contribution in [3.05, 3.63) is 42.6 Å². The van der Waals surface area contributed by atoms with Crippen LogP contribution in [0, 0.1) is 0 Å². The van der Waals surface area contributed by atoms with Gasteiger partial charge in [-0.25, -0.2) is 13.4 Å². The van der Waals surface area contributed by atoms with E-state index in [-0.39, 0.29) is 0 Å². The largest absolute Gasteiger partial charge is 0.367 e. The van der Waals surface area contributed by atoms with Crippen LogP contribution in [0.4, 0.5) is 23.0 Å². The van der Waals surface area contributed by atoms with Gasteiger partial charge in [-0.1, -0.05) is 6.07 Å². The predicted octanol–water partition coefficient (Wildman–Crippen LogP) is 3.18. The lowest BCUT2D eigenvalue weighted by atomic mass is 10.1. The lowest BCUT2D eigenvalue weighted by Gasteiger charge is -2.24. The summed E-state index contributed by atoms with van der Waals surface area (Å²) in [6.45, 7) is 6.99. The average molecular weight is 444 g/mol. The SMILES string of the molecule is CC(C)(C)S(=O)(=O)Nc1cccc(Nc2cc(NC3CCNCC3)nc3ccnn23)c1. The molecule has 31 heavy (non-hydrogen) atoms. The fourth-order valence-corrected chi connectivity index (χ4v) is 4.11. The number of sulfonamides is 1. The number of piperidine rings is 1. The molecule has 10 heteroatoms. The van der Waals surface area contributed by atoms with Gasteiger partial charge in [0.1, 0.15) is 11.6 Å². The van der Waals surface area contributed by atoms with Gasteiger partial charge in [-0.05, 0) is 64.9 Å². The van der Waals surface area contributed by atoms with Gasteiger partial charge in [0.2, 0.25) is 10.0 Å². The molecule has 4 rings (SSSR count). The topological polar surface area (TPSA) is 112 Å². The van der Waals surface area contributed by atoms with Gasteiger partial charge < -0.3 is 16.0 Å². The van der Waals surface area contributed by atoms with Gasteiger partial charge in [-0.15, -0.1) is 0 Å². The molecule has 9 nitrogen and oxygen atoms in total. The van der Waals surface area contributed by atoms with Gasteiger partial charge in [0.15, 0.2) is 5.65 Å². The van der Waals surface area contributed by atoms with Crippen molar-refractivity contribution in [2.45, 2.75) is 44.4 Å². The molecule has 166 valence electrons. The third-order valence-electron chi connectivity index (χ3n) is 5.24. The van der Waals surface area contributed by atoms with E-state index in [9.17, 15) is 8.42 Å². The van der Waals surface area contributed by atoms with E-state index in [0.717, 1.165) is 48.9 Å². The molecule has 0 spiro atoms. The molecule has 1 aromatic carbocycles. The summed E-state index contributed by atoms with van der Waals surface area (Å²) in [5.41, 5.74) is 1.97. The van der Waals surface area contributed by atoms with Crippen LogP contribution in [-0.2, 0) is 10.0 Å². The Balaban J connectivity index is 1.59. The monoisotopic (exact) mass is 443 g/mol. The first kappa shape index (κ1) is 21.4. The molecular formula is C21H29N7O2S. The van der Waals surface area contributed by atoms with Crippen molar-refractivity contribution in [3.8, 4) is 0 Å². The number of anilines is 4. The van der Waals surface area contributed by atoms with Gasteiger partial charge in [0.05, 0.1) is 16.6 Å². The van der Waals surface area contributed by atoms with E-state index in [1.165, 1.54) is 0 Å². The minimum absolute atomic E-state index is 0.377. The summed E-state index contributed by atoms with van der Waals surface area (Å²) in [4.78, 5) is 4.66.